The van der Waals surface area contributed by atoms with E-state index >= 15 is 0 Å². The summed E-state index contributed by atoms with van der Waals surface area (Å²) in [5.74, 6) is -0.0317. The number of carbonyl (C=O) groups is 1. The molecule has 0 bridgehead atoms. The second kappa shape index (κ2) is 4.94. The Bertz CT molecular complexity index is 674. The van der Waals surface area contributed by atoms with Crippen molar-refractivity contribution < 1.29 is 4.79 Å². The van der Waals surface area contributed by atoms with Crippen LogP contribution in [0.1, 0.15) is 34.6 Å². The quantitative estimate of drug-likeness (QED) is 0.944. The second-order valence-electron chi connectivity index (χ2n) is 5.19. The van der Waals surface area contributed by atoms with E-state index < -0.39 is 0 Å². The molecule has 1 aromatic carbocycles. The van der Waals surface area contributed by atoms with Crippen molar-refractivity contribution in [1.82, 2.24) is 15.1 Å². The Hall–Kier alpha value is -1.81. The molecular weight excluding hydrogens is 274 g/mol. The molecule has 0 spiro atoms. The Morgan fingerprint density at radius 3 is 2.80 bits per heavy atom. The fourth-order valence-electron chi connectivity index (χ4n) is 2.32. The number of aryl methyl sites for hydroxylation is 1. The molecule has 4 nitrogen and oxygen atoms in total. The van der Waals surface area contributed by atoms with Crippen LogP contribution in [-0.4, -0.2) is 21.7 Å². The van der Waals surface area contributed by atoms with Gasteiger partial charge in [0.2, 0.25) is 0 Å². The molecule has 1 saturated carbocycles. The topological polar surface area (TPSA) is 46.9 Å². The van der Waals surface area contributed by atoms with Crippen LogP contribution in [0.3, 0.4) is 0 Å². The predicted octanol–water partition coefficient (Wildman–Crippen LogP) is 3.03. The zero-order valence-electron chi connectivity index (χ0n) is 11.5. The molecule has 0 atom stereocenters. The fraction of sp³-hybridized carbons (Fsp3) is 0.333. The maximum absolute atomic E-state index is 12.3. The van der Waals surface area contributed by atoms with Gasteiger partial charge in [0, 0.05) is 11.1 Å². The van der Waals surface area contributed by atoms with Crippen molar-refractivity contribution in [3.63, 3.8) is 0 Å². The number of rotatable bonds is 3. The zero-order chi connectivity index (χ0) is 14.3. The lowest BCUT2D eigenvalue weighted by atomic mass is 10.2. The summed E-state index contributed by atoms with van der Waals surface area (Å²) in [6, 6.07) is 7.79. The number of amides is 1. The first kappa shape index (κ1) is 13.2. The number of hydrogen-bond acceptors (Lipinski definition) is 2. The van der Waals surface area contributed by atoms with E-state index in [9.17, 15) is 4.79 Å². The summed E-state index contributed by atoms with van der Waals surface area (Å²) in [5, 5.41) is 8.13. The number of benzene rings is 1. The molecule has 0 saturated heterocycles. The lowest BCUT2D eigenvalue weighted by molar-refractivity contribution is 0.0950. The van der Waals surface area contributed by atoms with Crippen molar-refractivity contribution in [2.45, 2.75) is 32.7 Å². The predicted molar refractivity (Wildman–Crippen MR) is 78.5 cm³/mol. The number of nitrogens with one attached hydrogen (secondary N) is 1. The standard InChI is InChI=1S/C15H16ClN3O/c1-9-14(15(20)17-12-6-7-12)10(2)19(18-9)13-5-3-4-11(16)8-13/h3-5,8,12H,6-7H2,1-2H3,(H,17,20). The second-order valence-corrected chi connectivity index (χ2v) is 5.62. The molecule has 1 aliphatic rings. The Morgan fingerprint density at radius 2 is 2.15 bits per heavy atom. The molecule has 1 amide bonds. The largest absolute Gasteiger partial charge is 0.349 e. The van der Waals surface area contributed by atoms with Gasteiger partial charge in [-0.1, -0.05) is 17.7 Å². The molecule has 20 heavy (non-hydrogen) atoms. The average molecular weight is 290 g/mol. The van der Waals surface area contributed by atoms with Crippen molar-refractivity contribution in [2.24, 2.45) is 0 Å². The van der Waals surface area contributed by atoms with Gasteiger partial charge >= 0.3 is 0 Å². The molecule has 1 aliphatic carbocycles. The minimum atomic E-state index is -0.0317. The molecule has 1 N–H and O–H groups in total. The van der Waals surface area contributed by atoms with Crippen LogP contribution in [-0.2, 0) is 0 Å². The van der Waals surface area contributed by atoms with Crippen LogP contribution >= 0.6 is 11.6 Å². The summed E-state index contributed by atoms with van der Waals surface area (Å²) >= 11 is 6.01. The molecule has 2 aromatic rings. The van der Waals surface area contributed by atoms with Crippen LogP contribution in [0.4, 0.5) is 0 Å². The van der Waals surface area contributed by atoms with Gasteiger partial charge in [0.1, 0.15) is 0 Å². The van der Waals surface area contributed by atoms with Gasteiger partial charge < -0.3 is 5.32 Å². The monoisotopic (exact) mass is 289 g/mol. The van der Waals surface area contributed by atoms with Crippen molar-refractivity contribution in [2.75, 3.05) is 0 Å². The van der Waals surface area contributed by atoms with Crippen molar-refractivity contribution in [3.8, 4) is 5.69 Å². The highest BCUT2D eigenvalue weighted by Crippen LogP contribution is 2.23. The minimum absolute atomic E-state index is 0.0317. The Kier molecular flexibility index (Phi) is 3.26. The Morgan fingerprint density at radius 1 is 1.40 bits per heavy atom. The first-order valence-corrected chi connectivity index (χ1v) is 7.07. The molecule has 104 valence electrons. The highest BCUT2D eigenvalue weighted by molar-refractivity contribution is 6.30. The van der Waals surface area contributed by atoms with Gasteiger partial charge in [-0.2, -0.15) is 5.10 Å². The van der Waals surface area contributed by atoms with E-state index in [-0.39, 0.29) is 5.91 Å². The van der Waals surface area contributed by atoms with E-state index in [1.54, 1.807) is 4.68 Å². The molecule has 3 rings (SSSR count). The van der Waals surface area contributed by atoms with Gasteiger partial charge in [-0.25, -0.2) is 4.68 Å². The number of hydrogen-bond donors (Lipinski definition) is 1. The summed E-state index contributed by atoms with van der Waals surface area (Å²) < 4.78 is 1.77. The van der Waals surface area contributed by atoms with Gasteiger partial charge in [0.15, 0.2) is 0 Å². The van der Waals surface area contributed by atoms with Crippen LogP contribution < -0.4 is 5.32 Å². The summed E-state index contributed by atoms with van der Waals surface area (Å²) in [7, 11) is 0. The summed E-state index contributed by atoms with van der Waals surface area (Å²) in [6.07, 6.45) is 2.15. The van der Waals surface area contributed by atoms with Crippen molar-refractivity contribution >= 4 is 17.5 Å². The SMILES string of the molecule is Cc1nn(-c2cccc(Cl)c2)c(C)c1C(=O)NC1CC1. The third kappa shape index (κ3) is 2.43. The maximum Gasteiger partial charge on any atom is 0.255 e. The number of carbonyl (C=O) groups excluding carboxylic acids is 1. The van der Waals surface area contributed by atoms with E-state index in [0.717, 1.165) is 29.9 Å². The van der Waals surface area contributed by atoms with E-state index in [1.165, 1.54) is 0 Å². The Labute approximate surface area is 122 Å². The lowest BCUT2D eigenvalue weighted by Gasteiger charge is -2.06. The summed E-state index contributed by atoms with van der Waals surface area (Å²) in [4.78, 5) is 12.3. The summed E-state index contributed by atoms with van der Waals surface area (Å²) in [5.41, 5.74) is 3.10. The highest BCUT2D eigenvalue weighted by atomic mass is 35.5. The molecule has 1 heterocycles. The first-order valence-electron chi connectivity index (χ1n) is 6.69. The van der Waals surface area contributed by atoms with Crippen molar-refractivity contribution in [1.29, 1.82) is 0 Å². The van der Waals surface area contributed by atoms with Crippen LogP contribution in [0.15, 0.2) is 24.3 Å². The van der Waals surface area contributed by atoms with Crippen LogP contribution in [0.2, 0.25) is 5.02 Å². The number of nitrogens with zero attached hydrogens (tertiary/aromatic N) is 2. The molecule has 1 aromatic heterocycles. The molecule has 5 heteroatoms. The number of aromatic nitrogens is 2. The first-order chi connectivity index (χ1) is 9.56. The smallest absolute Gasteiger partial charge is 0.255 e. The van der Waals surface area contributed by atoms with Gasteiger partial charge in [0.05, 0.1) is 22.6 Å². The maximum atomic E-state index is 12.3. The molecule has 0 unspecified atom stereocenters. The Balaban J connectivity index is 1.99. The van der Waals surface area contributed by atoms with Gasteiger partial charge in [-0.05, 0) is 44.9 Å². The van der Waals surface area contributed by atoms with Gasteiger partial charge in [-0.3, -0.25) is 4.79 Å². The third-order valence-electron chi connectivity index (χ3n) is 3.48. The molecule has 1 fully saturated rings. The zero-order valence-corrected chi connectivity index (χ0v) is 12.2. The number of halogens is 1. The normalized spacial score (nSPS) is 14.3. The molecule has 0 radical (unpaired) electrons. The molecule has 0 aliphatic heterocycles. The lowest BCUT2D eigenvalue weighted by Crippen LogP contribution is -2.26. The molecular formula is C15H16ClN3O. The minimum Gasteiger partial charge on any atom is -0.349 e. The summed E-state index contributed by atoms with van der Waals surface area (Å²) in [6.45, 7) is 3.76. The fourth-order valence-corrected chi connectivity index (χ4v) is 2.50. The average Bonchev–Trinajstić information content (AvgIpc) is 3.14. The van der Waals surface area contributed by atoms with Gasteiger partial charge in [0.25, 0.3) is 5.91 Å². The van der Waals surface area contributed by atoms with Crippen LogP contribution in [0.25, 0.3) is 5.69 Å². The van der Waals surface area contributed by atoms with E-state index in [0.29, 0.717) is 16.6 Å². The van der Waals surface area contributed by atoms with E-state index in [1.807, 2.05) is 38.1 Å². The third-order valence-corrected chi connectivity index (χ3v) is 3.72. The van der Waals surface area contributed by atoms with E-state index in [4.69, 9.17) is 11.6 Å². The van der Waals surface area contributed by atoms with Crippen LogP contribution in [0, 0.1) is 13.8 Å². The van der Waals surface area contributed by atoms with Crippen molar-refractivity contribution in [3.05, 3.63) is 46.2 Å². The highest BCUT2D eigenvalue weighted by Gasteiger charge is 2.27. The van der Waals surface area contributed by atoms with Gasteiger partial charge in [-0.15, -0.1) is 0 Å². The van der Waals surface area contributed by atoms with Crippen LogP contribution in [0.5, 0.6) is 0 Å². The van der Waals surface area contributed by atoms with E-state index in [2.05, 4.69) is 10.4 Å².